The number of nitrogens with one attached hydrogen (secondary N) is 1. The molecule has 0 saturated carbocycles. The predicted molar refractivity (Wildman–Crippen MR) is 80.0 cm³/mol. The third-order valence-corrected chi connectivity index (χ3v) is 2.51. The second kappa shape index (κ2) is 8.26. The number of benzene rings is 1. The van der Waals surface area contributed by atoms with Crippen molar-refractivity contribution in [1.82, 2.24) is 0 Å². The number of carbonyl (C=O) groups excluding carboxylic acids is 2. The maximum atomic E-state index is 11.8. The number of hydrogen-bond donors (Lipinski definition) is 2. The van der Waals surface area contributed by atoms with Crippen molar-refractivity contribution in [1.29, 1.82) is 0 Å². The van der Waals surface area contributed by atoms with Gasteiger partial charge in [-0.25, -0.2) is 4.79 Å². The second-order valence-corrected chi connectivity index (χ2v) is 4.95. The standard InChI is InChI=1S/C15H22N2O4/c1-4-20-15(19)13(16)14(18)17-11-6-5-7-12(8-11)21-9-10(2)3/h5-8,10,13H,4,9,16H2,1-3H3,(H,17,18). The summed E-state index contributed by atoms with van der Waals surface area (Å²) < 4.78 is 10.3. The third-order valence-electron chi connectivity index (χ3n) is 2.51. The van der Waals surface area contributed by atoms with E-state index in [1.807, 2.05) is 13.8 Å². The number of anilines is 1. The van der Waals surface area contributed by atoms with E-state index < -0.39 is 17.9 Å². The van der Waals surface area contributed by atoms with Gasteiger partial charge in [0.25, 0.3) is 5.91 Å². The second-order valence-electron chi connectivity index (χ2n) is 4.95. The quantitative estimate of drug-likeness (QED) is 0.588. The number of carbonyl (C=O) groups is 2. The maximum Gasteiger partial charge on any atom is 0.332 e. The molecule has 0 bridgehead atoms. The highest BCUT2D eigenvalue weighted by molar-refractivity contribution is 6.08. The molecule has 21 heavy (non-hydrogen) atoms. The van der Waals surface area contributed by atoms with Crippen LogP contribution < -0.4 is 15.8 Å². The molecule has 1 atom stereocenters. The Hall–Kier alpha value is -2.08. The van der Waals surface area contributed by atoms with E-state index in [1.54, 1.807) is 31.2 Å². The zero-order valence-corrected chi connectivity index (χ0v) is 12.6. The molecule has 116 valence electrons. The summed E-state index contributed by atoms with van der Waals surface area (Å²) in [5.74, 6) is -0.316. The van der Waals surface area contributed by atoms with Crippen LogP contribution in [-0.4, -0.2) is 31.1 Å². The minimum absolute atomic E-state index is 0.179. The molecule has 0 radical (unpaired) electrons. The molecule has 0 aliphatic carbocycles. The summed E-state index contributed by atoms with van der Waals surface area (Å²) >= 11 is 0. The first kappa shape index (κ1) is 17.0. The first-order valence-corrected chi connectivity index (χ1v) is 6.90. The molecule has 1 unspecified atom stereocenters. The van der Waals surface area contributed by atoms with E-state index in [-0.39, 0.29) is 6.61 Å². The lowest BCUT2D eigenvalue weighted by atomic mass is 10.2. The summed E-state index contributed by atoms with van der Waals surface area (Å²) in [6.07, 6.45) is 0. The molecule has 0 heterocycles. The fourth-order valence-corrected chi connectivity index (χ4v) is 1.49. The van der Waals surface area contributed by atoms with E-state index in [0.717, 1.165) is 0 Å². The van der Waals surface area contributed by atoms with Crippen molar-refractivity contribution in [3.05, 3.63) is 24.3 Å². The molecule has 1 aromatic carbocycles. The van der Waals surface area contributed by atoms with Gasteiger partial charge in [-0.2, -0.15) is 0 Å². The summed E-state index contributed by atoms with van der Waals surface area (Å²) in [6.45, 7) is 6.50. The summed E-state index contributed by atoms with van der Waals surface area (Å²) in [7, 11) is 0. The molecule has 0 fully saturated rings. The van der Waals surface area contributed by atoms with Crippen LogP contribution in [-0.2, 0) is 14.3 Å². The van der Waals surface area contributed by atoms with Gasteiger partial charge < -0.3 is 20.5 Å². The lowest BCUT2D eigenvalue weighted by molar-refractivity contribution is -0.146. The van der Waals surface area contributed by atoms with E-state index in [0.29, 0.717) is 24.0 Å². The Morgan fingerprint density at radius 1 is 1.33 bits per heavy atom. The van der Waals surface area contributed by atoms with Gasteiger partial charge in [0, 0.05) is 11.8 Å². The van der Waals surface area contributed by atoms with Crippen molar-refractivity contribution in [2.45, 2.75) is 26.8 Å². The first-order chi connectivity index (χ1) is 9.93. The van der Waals surface area contributed by atoms with Crippen molar-refractivity contribution >= 4 is 17.6 Å². The molecule has 0 aliphatic heterocycles. The molecule has 1 aromatic rings. The third kappa shape index (κ3) is 5.83. The topological polar surface area (TPSA) is 90.7 Å². The van der Waals surface area contributed by atoms with Gasteiger partial charge in [0.2, 0.25) is 0 Å². The van der Waals surface area contributed by atoms with E-state index >= 15 is 0 Å². The molecular weight excluding hydrogens is 272 g/mol. The highest BCUT2D eigenvalue weighted by atomic mass is 16.5. The average molecular weight is 294 g/mol. The van der Waals surface area contributed by atoms with Gasteiger partial charge in [0.15, 0.2) is 6.04 Å². The summed E-state index contributed by atoms with van der Waals surface area (Å²) in [5.41, 5.74) is 6.03. The minimum atomic E-state index is -1.34. The summed E-state index contributed by atoms with van der Waals surface area (Å²) in [5, 5.41) is 2.56. The largest absolute Gasteiger partial charge is 0.493 e. The lowest BCUT2D eigenvalue weighted by Gasteiger charge is -2.13. The first-order valence-electron chi connectivity index (χ1n) is 6.90. The monoisotopic (exact) mass is 294 g/mol. The van der Waals surface area contributed by atoms with Crippen molar-refractivity contribution in [2.75, 3.05) is 18.5 Å². The van der Waals surface area contributed by atoms with Crippen LogP contribution in [0.5, 0.6) is 5.75 Å². The molecule has 3 N–H and O–H groups in total. The van der Waals surface area contributed by atoms with E-state index in [4.69, 9.17) is 15.2 Å². The number of hydrogen-bond acceptors (Lipinski definition) is 5. The Balaban J connectivity index is 2.63. The Bertz CT molecular complexity index is 488. The van der Waals surface area contributed by atoms with Gasteiger partial charge in [-0.05, 0) is 25.0 Å². The zero-order chi connectivity index (χ0) is 15.8. The van der Waals surface area contributed by atoms with Crippen LogP contribution in [0.25, 0.3) is 0 Å². The Kier molecular flexibility index (Phi) is 6.68. The molecule has 0 aromatic heterocycles. The molecule has 1 amide bonds. The van der Waals surface area contributed by atoms with Crippen LogP contribution in [0.2, 0.25) is 0 Å². The highest BCUT2D eigenvalue weighted by Crippen LogP contribution is 2.18. The van der Waals surface area contributed by atoms with Gasteiger partial charge in [-0.15, -0.1) is 0 Å². The van der Waals surface area contributed by atoms with Gasteiger partial charge in [0.1, 0.15) is 5.75 Å². The van der Waals surface area contributed by atoms with Crippen molar-refractivity contribution in [2.24, 2.45) is 11.7 Å². The molecule has 0 saturated heterocycles. The van der Waals surface area contributed by atoms with Gasteiger partial charge in [-0.1, -0.05) is 19.9 Å². The molecule has 1 rings (SSSR count). The highest BCUT2D eigenvalue weighted by Gasteiger charge is 2.23. The van der Waals surface area contributed by atoms with Crippen LogP contribution in [0.3, 0.4) is 0 Å². The summed E-state index contributed by atoms with van der Waals surface area (Å²) in [4.78, 5) is 23.2. The molecule has 0 spiro atoms. The van der Waals surface area contributed by atoms with Crippen LogP contribution in [0, 0.1) is 5.92 Å². The predicted octanol–water partition coefficient (Wildman–Crippen LogP) is 1.55. The van der Waals surface area contributed by atoms with E-state index in [9.17, 15) is 9.59 Å². The Morgan fingerprint density at radius 3 is 2.67 bits per heavy atom. The minimum Gasteiger partial charge on any atom is -0.493 e. The molecular formula is C15H22N2O4. The molecule has 6 heteroatoms. The van der Waals surface area contributed by atoms with Crippen LogP contribution in [0.1, 0.15) is 20.8 Å². The smallest absolute Gasteiger partial charge is 0.332 e. The van der Waals surface area contributed by atoms with Gasteiger partial charge >= 0.3 is 5.97 Å². The number of esters is 1. The number of rotatable bonds is 7. The number of ether oxygens (including phenoxy) is 2. The maximum absolute atomic E-state index is 11.8. The Labute approximate surface area is 124 Å². The van der Waals surface area contributed by atoms with Crippen LogP contribution in [0.4, 0.5) is 5.69 Å². The Morgan fingerprint density at radius 2 is 2.05 bits per heavy atom. The lowest BCUT2D eigenvalue weighted by Crippen LogP contribution is -2.43. The average Bonchev–Trinajstić information content (AvgIpc) is 2.45. The van der Waals surface area contributed by atoms with Crippen molar-refractivity contribution in [3.8, 4) is 5.75 Å². The van der Waals surface area contributed by atoms with Crippen molar-refractivity contribution in [3.63, 3.8) is 0 Å². The van der Waals surface area contributed by atoms with Gasteiger partial charge in [0.05, 0.1) is 13.2 Å². The SMILES string of the molecule is CCOC(=O)C(N)C(=O)Nc1cccc(OCC(C)C)c1. The fraction of sp³-hybridized carbons (Fsp3) is 0.467. The van der Waals surface area contributed by atoms with Crippen LogP contribution in [0.15, 0.2) is 24.3 Å². The number of amides is 1. The van der Waals surface area contributed by atoms with Crippen LogP contribution >= 0.6 is 0 Å². The number of nitrogens with two attached hydrogens (primary N) is 1. The van der Waals surface area contributed by atoms with Crippen molar-refractivity contribution < 1.29 is 19.1 Å². The zero-order valence-electron chi connectivity index (χ0n) is 12.6. The van der Waals surface area contributed by atoms with E-state index in [2.05, 4.69) is 5.32 Å². The molecule has 6 nitrogen and oxygen atoms in total. The normalized spacial score (nSPS) is 11.9. The summed E-state index contributed by atoms with van der Waals surface area (Å²) in [6, 6.07) is 5.57. The van der Waals surface area contributed by atoms with Gasteiger partial charge in [-0.3, -0.25) is 4.79 Å². The fourth-order valence-electron chi connectivity index (χ4n) is 1.49. The molecule has 0 aliphatic rings. The van der Waals surface area contributed by atoms with E-state index in [1.165, 1.54) is 0 Å².